The number of nitrogens with zero attached hydrogens (tertiary/aromatic N) is 1. The third-order valence-corrected chi connectivity index (χ3v) is 3.23. The fourth-order valence-electron chi connectivity index (χ4n) is 2.27. The lowest BCUT2D eigenvalue weighted by Gasteiger charge is -2.31. The van der Waals surface area contributed by atoms with Crippen molar-refractivity contribution in [1.29, 1.82) is 5.26 Å². The van der Waals surface area contributed by atoms with Crippen LogP contribution in [0.15, 0.2) is 24.3 Å². The van der Waals surface area contributed by atoms with E-state index in [1.54, 1.807) is 6.07 Å². The van der Waals surface area contributed by atoms with E-state index in [-0.39, 0.29) is 23.6 Å². The first-order valence-electron chi connectivity index (χ1n) is 5.61. The SMILES string of the molecule is Cl.N#CC1(Cc2cccc(F)c2)CCNCC1. The van der Waals surface area contributed by atoms with E-state index in [2.05, 4.69) is 11.4 Å². The summed E-state index contributed by atoms with van der Waals surface area (Å²) in [5.74, 6) is -0.223. The zero-order valence-electron chi connectivity index (χ0n) is 9.58. The van der Waals surface area contributed by atoms with Crippen LogP contribution in [0.2, 0.25) is 0 Å². The molecule has 0 aromatic heterocycles. The van der Waals surface area contributed by atoms with Crippen molar-refractivity contribution in [3.05, 3.63) is 35.6 Å². The topological polar surface area (TPSA) is 35.8 Å². The van der Waals surface area contributed by atoms with Crippen molar-refractivity contribution in [1.82, 2.24) is 5.32 Å². The zero-order chi connectivity index (χ0) is 11.4. The van der Waals surface area contributed by atoms with Crippen molar-refractivity contribution < 1.29 is 4.39 Å². The summed E-state index contributed by atoms with van der Waals surface area (Å²) in [7, 11) is 0. The largest absolute Gasteiger partial charge is 0.317 e. The second-order valence-corrected chi connectivity index (χ2v) is 4.45. The summed E-state index contributed by atoms with van der Waals surface area (Å²) in [6.07, 6.45) is 2.35. The first-order valence-corrected chi connectivity index (χ1v) is 5.61. The number of halogens is 2. The van der Waals surface area contributed by atoms with Gasteiger partial charge in [0, 0.05) is 0 Å². The minimum absolute atomic E-state index is 0. The molecule has 0 atom stereocenters. The fraction of sp³-hybridized carbons (Fsp3) is 0.462. The number of hydrogen-bond donors (Lipinski definition) is 1. The second-order valence-electron chi connectivity index (χ2n) is 4.45. The minimum atomic E-state index is -0.307. The van der Waals surface area contributed by atoms with Gasteiger partial charge < -0.3 is 5.32 Å². The normalized spacial score (nSPS) is 17.9. The average Bonchev–Trinajstić information content (AvgIpc) is 2.30. The number of nitriles is 1. The number of benzene rings is 1. The summed E-state index contributed by atoms with van der Waals surface area (Å²) < 4.78 is 13.1. The van der Waals surface area contributed by atoms with Crippen LogP contribution in [-0.4, -0.2) is 13.1 Å². The van der Waals surface area contributed by atoms with Crippen LogP contribution in [-0.2, 0) is 6.42 Å². The number of piperidine rings is 1. The van der Waals surface area contributed by atoms with Crippen molar-refractivity contribution in [3.63, 3.8) is 0 Å². The monoisotopic (exact) mass is 254 g/mol. The second kappa shape index (κ2) is 6.00. The fourth-order valence-corrected chi connectivity index (χ4v) is 2.27. The number of nitrogens with one attached hydrogen (secondary N) is 1. The van der Waals surface area contributed by atoms with Crippen LogP contribution < -0.4 is 5.32 Å². The van der Waals surface area contributed by atoms with E-state index in [9.17, 15) is 9.65 Å². The van der Waals surface area contributed by atoms with Crippen molar-refractivity contribution in [3.8, 4) is 6.07 Å². The Morgan fingerprint density at radius 1 is 1.35 bits per heavy atom. The smallest absolute Gasteiger partial charge is 0.123 e. The third kappa shape index (κ3) is 3.42. The van der Waals surface area contributed by atoms with Gasteiger partial charge >= 0.3 is 0 Å². The molecule has 1 N–H and O–H groups in total. The molecule has 1 aromatic rings. The molecule has 1 aromatic carbocycles. The zero-order valence-corrected chi connectivity index (χ0v) is 10.4. The predicted octanol–water partition coefficient (Wildman–Crippen LogP) is 2.68. The predicted molar refractivity (Wildman–Crippen MR) is 67.5 cm³/mol. The quantitative estimate of drug-likeness (QED) is 0.881. The highest BCUT2D eigenvalue weighted by molar-refractivity contribution is 5.85. The first kappa shape index (κ1) is 14.0. The highest BCUT2D eigenvalue weighted by Crippen LogP contribution is 2.32. The Hall–Kier alpha value is -1.11. The summed E-state index contributed by atoms with van der Waals surface area (Å²) in [6, 6.07) is 8.99. The standard InChI is InChI=1S/C13H15FN2.ClH/c14-12-3-1-2-11(8-12)9-13(10-15)4-6-16-7-5-13;/h1-3,8,16H,4-7,9H2;1H. The molecule has 0 amide bonds. The highest BCUT2D eigenvalue weighted by Gasteiger charge is 2.32. The molecule has 17 heavy (non-hydrogen) atoms. The van der Waals surface area contributed by atoms with Gasteiger partial charge in [0.15, 0.2) is 0 Å². The van der Waals surface area contributed by atoms with Gasteiger partial charge in [-0.3, -0.25) is 0 Å². The van der Waals surface area contributed by atoms with Crippen LogP contribution >= 0.6 is 12.4 Å². The van der Waals surface area contributed by atoms with Crippen molar-refractivity contribution in [2.24, 2.45) is 5.41 Å². The maximum Gasteiger partial charge on any atom is 0.123 e. The molecular weight excluding hydrogens is 239 g/mol. The van der Waals surface area contributed by atoms with E-state index in [1.807, 2.05) is 6.07 Å². The first-order chi connectivity index (χ1) is 7.74. The van der Waals surface area contributed by atoms with Crippen LogP contribution in [0.25, 0.3) is 0 Å². The van der Waals surface area contributed by atoms with E-state index in [0.717, 1.165) is 31.5 Å². The van der Waals surface area contributed by atoms with Gasteiger partial charge in [0.05, 0.1) is 11.5 Å². The number of hydrogen-bond acceptors (Lipinski definition) is 2. The average molecular weight is 255 g/mol. The van der Waals surface area contributed by atoms with Gasteiger partial charge in [-0.05, 0) is 50.0 Å². The Kier molecular flexibility index (Phi) is 4.92. The van der Waals surface area contributed by atoms with E-state index in [4.69, 9.17) is 0 Å². The molecule has 2 nitrogen and oxygen atoms in total. The Morgan fingerprint density at radius 2 is 2.06 bits per heavy atom. The summed E-state index contributed by atoms with van der Waals surface area (Å²) in [5.41, 5.74) is 0.613. The Morgan fingerprint density at radius 3 is 2.65 bits per heavy atom. The molecule has 1 aliphatic rings. The van der Waals surface area contributed by atoms with Crippen molar-refractivity contribution >= 4 is 12.4 Å². The summed E-state index contributed by atoms with van der Waals surface area (Å²) in [4.78, 5) is 0. The van der Waals surface area contributed by atoms with Crippen LogP contribution in [0.4, 0.5) is 4.39 Å². The molecule has 0 aliphatic carbocycles. The van der Waals surface area contributed by atoms with Gasteiger partial charge in [-0.2, -0.15) is 5.26 Å². The van der Waals surface area contributed by atoms with Gasteiger partial charge in [-0.1, -0.05) is 12.1 Å². The summed E-state index contributed by atoms with van der Waals surface area (Å²) in [6.45, 7) is 1.76. The Labute approximate surface area is 107 Å². The van der Waals surface area contributed by atoms with Gasteiger partial charge in [-0.15, -0.1) is 12.4 Å². The van der Waals surface area contributed by atoms with Gasteiger partial charge in [0.2, 0.25) is 0 Å². The van der Waals surface area contributed by atoms with Gasteiger partial charge in [0.25, 0.3) is 0 Å². The molecule has 1 heterocycles. The lowest BCUT2D eigenvalue weighted by Crippen LogP contribution is -2.37. The van der Waals surface area contributed by atoms with E-state index in [0.29, 0.717) is 6.42 Å². The number of rotatable bonds is 2. The maximum atomic E-state index is 13.1. The summed E-state index contributed by atoms with van der Waals surface area (Å²) >= 11 is 0. The van der Waals surface area contributed by atoms with Crippen molar-refractivity contribution in [2.45, 2.75) is 19.3 Å². The van der Waals surface area contributed by atoms with E-state index in [1.165, 1.54) is 12.1 Å². The molecule has 4 heteroatoms. The minimum Gasteiger partial charge on any atom is -0.317 e. The molecular formula is C13H16ClFN2. The lowest BCUT2D eigenvalue weighted by atomic mass is 9.75. The molecule has 1 fully saturated rings. The molecule has 0 radical (unpaired) electrons. The van der Waals surface area contributed by atoms with E-state index < -0.39 is 0 Å². The molecule has 1 saturated heterocycles. The molecule has 0 unspecified atom stereocenters. The lowest BCUT2D eigenvalue weighted by molar-refractivity contribution is 0.280. The van der Waals surface area contributed by atoms with Crippen LogP contribution in [0, 0.1) is 22.6 Å². The van der Waals surface area contributed by atoms with E-state index >= 15 is 0 Å². The van der Waals surface area contributed by atoms with Crippen LogP contribution in [0.3, 0.4) is 0 Å². The Balaban J connectivity index is 0.00000144. The molecule has 0 spiro atoms. The maximum absolute atomic E-state index is 13.1. The molecule has 1 aliphatic heterocycles. The Bertz CT molecular complexity index is 408. The molecule has 0 bridgehead atoms. The van der Waals surface area contributed by atoms with Crippen LogP contribution in [0.5, 0.6) is 0 Å². The highest BCUT2D eigenvalue weighted by atomic mass is 35.5. The molecule has 0 saturated carbocycles. The summed E-state index contributed by atoms with van der Waals surface area (Å²) in [5, 5.41) is 12.5. The molecule has 92 valence electrons. The van der Waals surface area contributed by atoms with Gasteiger partial charge in [0.1, 0.15) is 5.82 Å². The van der Waals surface area contributed by atoms with Crippen LogP contribution in [0.1, 0.15) is 18.4 Å². The molecule has 2 rings (SSSR count). The van der Waals surface area contributed by atoms with Gasteiger partial charge in [-0.25, -0.2) is 4.39 Å². The van der Waals surface area contributed by atoms with Crippen molar-refractivity contribution in [2.75, 3.05) is 13.1 Å². The third-order valence-electron chi connectivity index (χ3n) is 3.23.